The van der Waals surface area contributed by atoms with Crippen molar-refractivity contribution in [3.05, 3.63) is 109 Å². The van der Waals surface area contributed by atoms with Crippen molar-refractivity contribution < 1.29 is 27.8 Å². The number of hydrogen-bond acceptors (Lipinski definition) is 7. The maximum atomic E-state index is 14.2. The van der Waals surface area contributed by atoms with E-state index in [4.69, 9.17) is 44.3 Å². The molecule has 1 N–H and O–H groups in total. The summed E-state index contributed by atoms with van der Waals surface area (Å²) in [6, 6.07) is 17.0. The van der Waals surface area contributed by atoms with E-state index in [1.165, 1.54) is 12.0 Å². The first-order chi connectivity index (χ1) is 23.4. The molecule has 49 heavy (non-hydrogen) atoms. The number of carbonyl (C=O) groups is 2. The highest BCUT2D eigenvalue weighted by Gasteiger charge is 2.35. The minimum atomic E-state index is -3.91. The molecule has 2 aliphatic heterocycles. The van der Waals surface area contributed by atoms with Crippen LogP contribution in [0.25, 0.3) is 0 Å². The summed E-state index contributed by atoms with van der Waals surface area (Å²) in [6.07, 6.45) is 0. The summed E-state index contributed by atoms with van der Waals surface area (Å²) in [5.41, 5.74) is 0.845. The molecule has 0 aliphatic carbocycles. The van der Waals surface area contributed by atoms with E-state index in [2.05, 4.69) is 9.88 Å². The summed E-state index contributed by atoms with van der Waals surface area (Å²) in [5.74, 6) is 0.416. The van der Waals surface area contributed by atoms with Crippen molar-refractivity contribution in [2.75, 3.05) is 38.8 Å². The van der Waals surface area contributed by atoms with Crippen LogP contribution in [0.4, 0.5) is 14.5 Å². The Morgan fingerprint density at radius 3 is 2.22 bits per heavy atom. The zero-order valence-corrected chi connectivity index (χ0v) is 29.3. The van der Waals surface area contributed by atoms with E-state index >= 15 is 0 Å². The molecule has 0 atom stereocenters. The van der Waals surface area contributed by atoms with Gasteiger partial charge in [-0.15, -0.1) is 0 Å². The normalized spacial score (nSPS) is 15.0. The summed E-state index contributed by atoms with van der Waals surface area (Å²) in [5, 5.41) is -3.49. The number of nitrogens with one attached hydrogen (secondary N) is 1. The number of piperazine rings is 1. The number of anilines is 1. The molecule has 256 valence electrons. The molecule has 0 unspecified atom stereocenters. The Morgan fingerprint density at radius 1 is 0.939 bits per heavy atom. The third-order valence-corrected chi connectivity index (χ3v) is 10.6. The molecule has 0 spiro atoms. The largest absolute Gasteiger partial charge is 0.497 e. The average Bonchev–Trinajstić information content (AvgIpc) is 3.49. The number of pyridine rings is 1. The maximum Gasteiger partial charge on any atom is 0.362 e. The first-order valence-corrected chi connectivity index (χ1v) is 16.9. The number of benzene rings is 3. The first kappa shape index (κ1) is 35.0. The molecule has 0 bridgehead atoms. The van der Waals surface area contributed by atoms with E-state index < -0.39 is 22.5 Å². The van der Waals surface area contributed by atoms with Gasteiger partial charge in [-0.3, -0.25) is 19.3 Å². The molecule has 6 rings (SSSR count). The molecule has 2 amide bonds. The summed E-state index contributed by atoms with van der Waals surface area (Å²) in [6.45, 7) is 2.06. The lowest BCUT2D eigenvalue weighted by molar-refractivity contribution is -0.121. The monoisotopic (exact) mass is 748 g/mol. The van der Waals surface area contributed by atoms with Crippen molar-refractivity contribution >= 4 is 64.1 Å². The van der Waals surface area contributed by atoms with Crippen LogP contribution in [0.3, 0.4) is 0 Å². The van der Waals surface area contributed by atoms with Crippen LogP contribution >= 0.6 is 46.6 Å². The fourth-order valence-electron chi connectivity index (χ4n) is 5.85. The molecular formula is C34H29Cl3F2N4O5S. The highest BCUT2D eigenvalue weighted by Crippen LogP contribution is 2.42. The highest BCUT2D eigenvalue weighted by atomic mass is 35.5. The Hall–Kier alpha value is -3.81. The number of rotatable bonds is 9. The van der Waals surface area contributed by atoms with Crippen molar-refractivity contribution in [1.82, 2.24) is 14.8 Å². The Balaban J connectivity index is 1.24. The second-order valence-corrected chi connectivity index (χ2v) is 13.8. The SMILES string of the molecule is COc1ccc(CN2CCN(c3cc4c(cc3OC)CN(C(=O)c3c(Sc5c(Cl)cccc5Cl)cc(C(F)(F)Cl)[nH]c3=O)C4)C(=O)C2)cc1. The minimum Gasteiger partial charge on any atom is -0.497 e. The second kappa shape index (κ2) is 14.2. The third-order valence-electron chi connectivity index (χ3n) is 8.31. The van der Waals surface area contributed by atoms with E-state index in [-0.39, 0.29) is 50.9 Å². The zero-order chi connectivity index (χ0) is 35.0. The van der Waals surface area contributed by atoms with Crippen LogP contribution < -0.4 is 19.9 Å². The van der Waals surface area contributed by atoms with Crippen molar-refractivity contribution in [3.63, 3.8) is 0 Å². The Morgan fingerprint density at radius 2 is 1.61 bits per heavy atom. The van der Waals surface area contributed by atoms with Gasteiger partial charge in [-0.05, 0) is 70.8 Å². The number of halogens is 5. The van der Waals surface area contributed by atoms with E-state index in [9.17, 15) is 23.2 Å². The molecule has 0 radical (unpaired) electrons. The number of fused-ring (bicyclic) bond motifs is 1. The van der Waals surface area contributed by atoms with Gasteiger partial charge in [0.05, 0.1) is 36.5 Å². The zero-order valence-electron chi connectivity index (χ0n) is 26.2. The molecule has 4 aromatic rings. The van der Waals surface area contributed by atoms with Crippen molar-refractivity contribution in [3.8, 4) is 11.5 Å². The van der Waals surface area contributed by atoms with Gasteiger partial charge in [0.2, 0.25) is 5.91 Å². The van der Waals surface area contributed by atoms with E-state index in [0.717, 1.165) is 40.3 Å². The molecule has 9 nitrogen and oxygen atoms in total. The van der Waals surface area contributed by atoms with Gasteiger partial charge < -0.3 is 24.3 Å². The third kappa shape index (κ3) is 7.39. The van der Waals surface area contributed by atoms with Gasteiger partial charge in [0.25, 0.3) is 11.5 Å². The predicted octanol–water partition coefficient (Wildman–Crippen LogP) is 7.14. The number of aromatic nitrogens is 1. The number of aromatic amines is 1. The second-order valence-electron chi connectivity index (χ2n) is 11.5. The van der Waals surface area contributed by atoms with Crippen LogP contribution in [-0.4, -0.2) is 60.5 Å². The van der Waals surface area contributed by atoms with Crippen LogP contribution in [0, 0.1) is 0 Å². The van der Waals surface area contributed by atoms with Crippen LogP contribution in [-0.2, 0) is 29.8 Å². The van der Waals surface area contributed by atoms with Gasteiger partial charge in [0.1, 0.15) is 22.8 Å². The number of alkyl halides is 3. The van der Waals surface area contributed by atoms with Gasteiger partial charge in [-0.1, -0.05) is 53.2 Å². The minimum absolute atomic E-state index is 0.0913. The highest BCUT2D eigenvalue weighted by molar-refractivity contribution is 7.99. The Bertz CT molecular complexity index is 1970. The predicted molar refractivity (Wildman–Crippen MR) is 185 cm³/mol. The molecular weight excluding hydrogens is 721 g/mol. The summed E-state index contributed by atoms with van der Waals surface area (Å²) >= 11 is 18.7. The molecule has 3 heterocycles. The van der Waals surface area contributed by atoms with Gasteiger partial charge in [0.15, 0.2) is 0 Å². The van der Waals surface area contributed by atoms with Gasteiger partial charge in [-0.2, -0.15) is 8.78 Å². The average molecular weight is 750 g/mol. The van der Waals surface area contributed by atoms with Crippen LogP contribution in [0.1, 0.15) is 32.7 Å². The number of methoxy groups -OCH3 is 2. The first-order valence-electron chi connectivity index (χ1n) is 15.0. The van der Waals surface area contributed by atoms with Crippen LogP contribution in [0.2, 0.25) is 10.0 Å². The van der Waals surface area contributed by atoms with Crippen molar-refractivity contribution in [2.45, 2.75) is 34.8 Å². The fraction of sp³-hybridized carbons (Fsp3) is 0.265. The molecule has 3 aromatic carbocycles. The Kier molecular flexibility index (Phi) is 10.2. The van der Waals surface area contributed by atoms with E-state index in [1.807, 2.05) is 30.3 Å². The smallest absolute Gasteiger partial charge is 0.362 e. The van der Waals surface area contributed by atoms with E-state index in [0.29, 0.717) is 31.1 Å². The molecule has 15 heteroatoms. The number of carbonyl (C=O) groups excluding carboxylic acids is 2. The number of hydrogen-bond donors (Lipinski definition) is 1. The fourth-order valence-corrected chi connectivity index (χ4v) is 7.59. The van der Waals surface area contributed by atoms with Crippen LogP contribution in [0.5, 0.6) is 11.5 Å². The number of ether oxygens (including phenoxy) is 2. The molecule has 1 saturated heterocycles. The van der Waals surface area contributed by atoms with E-state index in [1.54, 1.807) is 36.3 Å². The van der Waals surface area contributed by atoms with Crippen molar-refractivity contribution in [1.29, 1.82) is 0 Å². The van der Waals surface area contributed by atoms with Gasteiger partial charge >= 0.3 is 5.38 Å². The van der Waals surface area contributed by atoms with Gasteiger partial charge in [0, 0.05) is 42.5 Å². The molecule has 0 saturated carbocycles. The summed E-state index contributed by atoms with van der Waals surface area (Å²) in [4.78, 5) is 48.1. The number of amides is 2. The number of H-pyrrole nitrogens is 1. The molecule has 2 aliphatic rings. The lowest BCUT2D eigenvalue weighted by Crippen LogP contribution is -2.50. The lowest BCUT2D eigenvalue weighted by Gasteiger charge is -2.35. The maximum absolute atomic E-state index is 14.2. The molecule has 1 fully saturated rings. The summed E-state index contributed by atoms with van der Waals surface area (Å²) in [7, 11) is 3.11. The van der Waals surface area contributed by atoms with Gasteiger partial charge in [-0.25, -0.2) is 0 Å². The topological polar surface area (TPSA) is 95.2 Å². The van der Waals surface area contributed by atoms with Crippen LogP contribution in [0.15, 0.2) is 75.2 Å². The standard InChI is InChI=1S/C34H29Cl3F2N4O5S/c1-47-22-8-6-19(7-9-22)15-41-10-11-43(29(44)18-41)25-12-20-16-42(17-21(20)13-26(25)48-2)33(46)30-27(14-28(34(37,38)39)40-32(30)45)49-31-23(35)4-3-5-24(31)36/h3-9,12-14H,10-11,15-18H2,1-2H3,(H,40,45). The Labute approximate surface area is 299 Å². The quantitative estimate of drug-likeness (QED) is 0.182. The lowest BCUT2D eigenvalue weighted by atomic mass is 10.1. The summed E-state index contributed by atoms with van der Waals surface area (Å²) < 4.78 is 39.2. The number of nitrogens with zero attached hydrogens (tertiary/aromatic N) is 3. The van der Waals surface area contributed by atoms with Crippen molar-refractivity contribution in [2.24, 2.45) is 0 Å². The molecule has 1 aromatic heterocycles.